The molecular formula is C15H17F3N4O. The highest BCUT2D eigenvalue weighted by Crippen LogP contribution is 2.42. The van der Waals surface area contributed by atoms with Crippen molar-refractivity contribution < 1.29 is 17.9 Å². The van der Waals surface area contributed by atoms with Crippen LogP contribution in [0.1, 0.15) is 25.0 Å². The van der Waals surface area contributed by atoms with E-state index in [-0.39, 0.29) is 18.4 Å². The molecule has 0 unspecified atom stereocenters. The lowest BCUT2D eigenvalue weighted by Gasteiger charge is -2.46. The average Bonchev–Trinajstić information content (AvgIpc) is 2.51. The lowest BCUT2D eigenvalue weighted by molar-refractivity contribution is -0.138. The van der Waals surface area contributed by atoms with Gasteiger partial charge in [0.25, 0.3) is 0 Å². The summed E-state index contributed by atoms with van der Waals surface area (Å²) in [7, 11) is 0. The first-order valence-electron chi connectivity index (χ1n) is 7.46. The number of rotatable bonds is 1. The third kappa shape index (κ3) is 2.70. The number of aromatic nitrogens is 1. The van der Waals surface area contributed by atoms with Crippen LogP contribution >= 0.6 is 0 Å². The number of ether oxygens (including phenoxy) is 1. The molecule has 3 heterocycles. The second kappa shape index (κ2) is 5.57. The Balaban J connectivity index is 1.98. The van der Waals surface area contributed by atoms with Gasteiger partial charge < -0.3 is 9.64 Å². The monoisotopic (exact) mass is 326 g/mol. The van der Waals surface area contributed by atoms with E-state index in [4.69, 9.17) is 10.00 Å². The Kier molecular flexibility index (Phi) is 3.84. The number of halogens is 3. The molecule has 0 aromatic carbocycles. The molecule has 0 amide bonds. The largest absolute Gasteiger partial charge is 0.486 e. The van der Waals surface area contributed by atoms with Gasteiger partial charge in [0.2, 0.25) is 0 Å². The van der Waals surface area contributed by atoms with Crippen molar-refractivity contribution in [3.63, 3.8) is 0 Å². The van der Waals surface area contributed by atoms with Crippen LogP contribution in [0.3, 0.4) is 0 Å². The van der Waals surface area contributed by atoms with Crippen LogP contribution in [0, 0.1) is 11.3 Å². The fourth-order valence-electron chi connectivity index (χ4n) is 3.10. The highest BCUT2D eigenvalue weighted by atomic mass is 19.4. The molecule has 2 aliphatic rings. The van der Waals surface area contributed by atoms with Crippen molar-refractivity contribution in [3.8, 4) is 11.8 Å². The zero-order valence-corrected chi connectivity index (χ0v) is 12.9. The van der Waals surface area contributed by atoms with Crippen molar-refractivity contribution in [2.75, 3.05) is 31.1 Å². The number of hydrogen-bond donors (Lipinski definition) is 0. The van der Waals surface area contributed by atoms with E-state index in [0.29, 0.717) is 18.4 Å². The van der Waals surface area contributed by atoms with Gasteiger partial charge in [0.05, 0.1) is 11.6 Å². The quantitative estimate of drug-likeness (QED) is 0.792. The van der Waals surface area contributed by atoms with Gasteiger partial charge in [-0.3, -0.25) is 4.90 Å². The van der Waals surface area contributed by atoms with Gasteiger partial charge in [-0.1, -0.05) is 0 Å². The first-order valence-corrected chi connectivity index (χ1v) is 7.46. The fraction of sp³-hybridized carbons (Fsp3) is 0.600. The van der Waals surface area contributed by atoms with Crippen LogP contribution in [0.2, 0.25) is 0 Å². The maximum atomic E-state index is 13.0. The smallest absolute Gasteiger partial charge is 0.419 e. The minimum absolute atomic E-state index is 0.0365. The molecule has 0 N–H and O–H groups in total. The summed E-state index contributed by atoms with van der Waals surface area (Å²) in [6.07, 6.45) is -3.89. The van der Waals surface area contributed by atoms with Crippen molar-refractivity contribution in [1.29, 1.82) is 5.26 Å². The van der Waals surface area contributed by atoms with Crippen molar-refractivity contribution in [2.45, 2.75) is 32.1 Å². The summed E-state index contributed by atoms with van der Waals surface area (Å²) in [4.78, 5) is 8.21. The molecule has 0 spiro atoms. The molecule has 124 valence electrons. The van der Waals surface area contributed by atoms with Crippen molar-refractivity contribution >= 4 is 5.82 Å². The van der Waals surface area contributed by atoms with Gasteiger partial charge in [-0.15, -0.1) is 0 Å². The first-order chi connectivity index (χ1) is 10.8. The Morgan fingerprint density at radius 2 is 2.13 bits per heavy atom. The SMILES string of the molecule is CC(C)N1CCN2c3ncc(C(F)(F)F)c(C#N)c3OC[C@H]2C1. The van der Waals surface area contributed by atoms with Gasteiger partial charge in [-0.2, -0.15) is 18.4 Å². The summed E-state index contributed by atoms with van der Waals surface area (Å²) in [6.45, 7) is 6.69. The number of pyridine rings is 1. The molecule has 1 saturated heterocycles. The van der Waals surface area contributed by atoms with Crippen molar-refractivity contribution in [2.24, 2.45) is 0 Å². The highest BCUT2D eigenvalue weighted by Gasteiger charge is 2.41. The summed E-state index contributed by atoms with van der Waals surface area (Å²) in [6, 6.07) is 2.06. The van der Waals surface area contributed by atoms with Crippen LogP contribution < -0.4 is 9.64 Å². The summed E-state index contributed by atoms with van der Waals surface area (Å²) in [5.74, 6) is 0.297. The van der Waals surface area contributed by atoms with E-state index in [9.17, 15) is 13.2 Å². The van der Waals surface area contributed by atoms with Crippen molar-refractivity contribution in [3.05, 3.63) is 17.3 Å². The molecule has 3 rings (SSSR count). The molecule has 1 aromatic rings. The number of nitrogens with zero attached hydrogens (tertiary/aromatic N) is 4. The Labute approximate surface area is 132 Å². The number of hydrogen-bond acceptors (Lipinski definition) is 5. The Morgan fingerprint density at radius 1 is 1.39 bits per heavy atom. The minimum Gasteiger partial charge on any atom is -0.486 e. The molecular weight excluding hydrogens is 309 g/mol. The summed E-state index contributed by atoms with van der Waals surface area (Å²) < 4.78 is 44.6. The van der Waals surface area contributed by atoms with Gasteiger partial charge in [0, 0.05) is 31.9 Å². The highest BCUT2D eigenvalue weighted by molar-refractivity contribution is 5.65. The minimum atomic E-state index is -4.62. The summed E-state index contributed by atoms with van der Waals surface area (Å²) in [5.41, 5.74) is -1.52. The molecule has 0 aliphatic carbocycles. The van der Waals surface area contributed by atoms with Gasteiger partial charge in [0.1, 0.15) is 18.2 Å². The third-order valence-corrected chi connectivity index (χ3v) is 4.37. The molecule has 23 heavy (non-hydrogen) atoms. The molecule has 5 nitrogen and oxygen atoms in total. The van der Waals surface area contributed by atoms with Gasteiger partial charge in [-0.05, 0) is 13.8 Å². The Morgan fingerprint density at radius 3 is 2.74 bits per heavy atom. The second-order valence-electron chi connectivity index (χ2n) is 6.06. The molecule has 0 bridgehead atoms. The Bertz CT molecular complexity index is 653. The number of piperazine rings is 1. The molecule has 1 atom stereocenters. The van der Waals surface area contributed by atoms with E-state index >= 15 is 0 Å². The molecule has 1 fully saturated rings. The van der Waals surface area contributed by atoms with Crippen molar-refractivity contribution in [1.82, 2.24) is 9.88 Å². The van der Waals surface area contributed by atoms with Crippen LogP contribution in [0.25, 0.3) is 0 Å². The van der Waals surface area contributed by atoms with E-state index in [0.717, 1.165) is 19.3 Å². The van der Waals surface area contributed by atoms with E-state index in [1.165, 1.54) is 0 Å². The third-order valence-electron chi connectivity index (χ3n) is 4.37. The van der Waals surface area contributed by atoms with E-state index in [2.05, 4.69) is 23.7 Å². The fourth-order valence-corrected chi connectivity index (χ4v) is 3.10. The zero-order valence-electron chi connectivity index (χ0n) is 12.9. The van der Waals surface area contributed by atoms with Crippen LogP contribution in [-0.2, 0) is 6.18 Å². The van der Waals surface area contributed by atoms with Gasteiger partial charge in [0.15, 0.2) is 11.6 Å². The normalized spacial score (nSPS) is 21.4. The van der Waals surface area contributed by atoms with Gasteiger partial charge in [-0.25, -0.2) is 4.98 Å². The number of nitriles is 1. The average molecular weight is 326 g/mol. The second-order valence-corrected chi connectivity index (χ2v) is 6.06. The predicted octanol–water partition coefficient (Wildman–Crippen LogP) is 2.26. The zero-order chi connectivity index (χ0) is 16.8. The molecule has 0 radical (unpaired) electrons. The lowest BCUT2D eigenvalue weighted by atomic mass is 10.1. The van der Waals surface area contributed by atoms with Crippen LogP contribution in [0.15, 0.2) is 6.20 Å². The first kappa shape index (κ1) is 15.9. The Hall–Kier alpha value is -2.01. The molecule has 8 heteroatoms. The lowest BCUT2D eigenvalue weighted by Crippen LogP contribution is -2.58. The topological polar surface area (TPSA) is 52.4 Å². The molecule has 0 saturated carbocycles. The molecule has 1 aromatic heterocycles. The van der Waals surface area contributed by atoms with Gasteiger partial charge >= 0.3 is 6.18 Å². The summed E-state index contributed by atoms with van der Waals surface area (Å²) >= 11 is 0. The standard InChI is InChI=1S/C15H17F3N4O/c1-9(2)21-3-4-22-10(7-21)8-23-13-11(5-19)12(15(16,17)18)6-20-14(13)22/h6,9-10H,3-4,7-8H2,1-2H3/t10-/m1/s1. The van der Waals surface area contributed by atoms with E-state index in [1.807, 2.05) is 4.90 Å². The van der Waals surface area contributed by atoms with E-state index in [1.54, 1.807) is 6.07 Å². The van der Waals surface area contributed by atoms with Crippen LogP contribution in [0.5, 0.6) is 5.75 Å². The maximum absolute atomic E-state index is 13.0. The molecule has 2 aliphatic heterocycles. The number of anilines is 1. The van der Waals surface area contributed by atoms with Crippen LogP contribution in [0.4, 0.5) is 19.0 Å². The number of alkyl halides is 3. The maximum Gasteiger partial charge on any atom is 0.419 e. The predicted molar refractivity (Wildman–Crippen MR) is 77.3 cm³/mol. The summed E-state index contributed by atoms with van der Waals surface area (Å²) in [5, 5.41) is 9.16. The number of fused-ring (bicyclic) bond motifs is 3. The van der Waals surface area contributed by atoms with Crippen LogP contribution in [-0.4, -0.2) is 48.2 Å². The van der Waals surface area contributed by atoms with E-state index < -0.39 is 17.3 Å².